The standard InChI is InChI=1S/C7H13N3O2S/c1-3-13(11,12)5-7-6(8)4-9-10(7)2/h4H,3,5,8H2,1-2H3. The average Bonchev–Trinajstić information content (AvgIpc) is 2.36. The Hall–Kier alpha value is -1.04. The van der Waals surface area contributed by atoms with Gasteiger partial charge in [0.15, 0.2) is 9.84 Å². The summed E-state index contributed by atoms with van der Waals surface area (Å²) in [7, 11) is -1.35. The van der Waals surface area contributed by atoms with E-state index >= 15 is 0 Å². The third-order valence-corrected chi connectivity index (χ3v) is 3.48. The number of hydrogen-bond donors (Lipinski definition) is 1. The summed E-state index contributed by atoms with van der Waals surface area (Å²) in [5.74, 6) is 0.0868. The number of hydrogen-bond acceptors (Lipinski definition) is 4. The Morgan fingerprint density at radius 2 is 2.23 bits per heavy atom. The first-order chi connectivity index (χ1) is 5.96. The molecule has 2 N–H and O–H groups in total. The van der Waals surface area contributed by atoms with Crippen LogP contribution in [0.15, 0.2) is 6.20 Å². The number of aryl methyl sites for hydroxylation is 1. The maximum absolute atomic E-state index is 11.3. The van der Waals surface area contributed by atoms with Gasteiger partial charge in [-0.25, -0.2) is 8.42 Å². The van der Waals surface area contributed by atoms with Gasteiger partial charge in [-0.1, -0.05) is 6.92 Å². The molecule has 13 heavy (non-hydrogen) atoms. The second-order valence-electron chi connectivity index (χ2n) is 2.85. The fourth-order valence-electron chi connectivity index (χ4n) is 0.967. The van der Waals surface area contributed by atoms with Gasteiger partial charge in [0.05, 0.1) is 23.3 Å². The van der Waals surface area contributed by atoms with E-state index in [4.69, 9.17) is 5.73 Å². The quantitative estimate of drug-likeness (QED) is 0.746. The number of nitrogens with two attached hydrogens (primary N) is 1. The van der Waals surface area contributed by atoms with Gasteiger partial charge in [0.1, 0.15) is 0 Å². The first-order valence-corrected chi connectivity index (χ1v) is 5.75. The summed E-state index contributed by atoms with van der Waals surface area (Å²) in [5.41, 5.74) is 6.54. The van der Waals surface area contributed by atoms with Crippen molar-refractivity contribution in [2.75, 3.05) is 11.5 Å². The minimum Gasteiger partial charge on any atom is -0.396 e. The van der Waals surface area contributed by atoms with Crippen LogP contribution in [-0.2, 0) is 22.6 Å². The van der Waals surface area contributed by atoms with Crippen molar-refractivity contribution in [1.82, 2.24) is 9.78 Å². The van der Waals surface area contributed by atoms with E-state index in [0.29, 0.717) is 11.4 Å². The van der Waals surface area contributed by atoms with Crippen molar-refractivity contribution in [2.24, 2.45) is 7.05 Å². The topological polar surface area (TPSA) is 78.0 Å². The second kappa shape index (κ2) is 3.37. The van der Waals surface area contributed by atoms with Gasteiger partial charge in [-0.05, 0) is 0 Å². The van der Waals surface area contributed by atoms with Crippen LogP contribution in [0.1, 0.15) is 12.6 Å². The van der Waals surface area contributed by atoms with Crippen LogP contribution in [0.5, 0.6) is 0 Å². The van der Waals surface area contributed by atoms with Gasteiger partial charge in [0, 0.05) is 12.8 Å². The molecule has 0 atom stereocenters. The number of nitrogen functional groups attached to an aromatic ring is 1. The first-order valence-electron chi connectivity index (χ1n) is 3.93. The SMILES string of the molecule is CCS(=O)(=O)Cc1c(N)cnn1C. The highest BCUT2D eigenvalue weighted by Gasteiger charge is 2.14. The van der Waals surface area contributed by atoms with Gasteiger partial charge < -0.3 is 5.73 Å². The largest absolute Gasteiger partial charge is 0.396 e. The summed E-state index contributed by atoms with van der Waals surface area (Å²) in [4.78, 5) is 0. The van der Waals surface area contributed by atoms with Crippen molar-refractivity contribution in [1.29, 1.82) is 0 Å². The van der Waals surface area contributed by atoms with Crippen LogP contribution >= 0.6 is 0 Å². The van der Waals surface area contributed by atoms with Crippen LogP contribution in [0, 0.1) is 0 Å². The molecule has 1 rings (SSSR count). The zero-order valence-electron chi connectivity index (χ0n) is 7.69. The van der Waals surface area contributed by atoms with E-state index in [9.17, 15) is 8.42 Å². The van der Waals surface area contributed by atoms with Gasteiger partial charge >= 0.3 is 0 Å². The van der Waals surface area contributed by atoms with Crippen molar-refractivity contribution < 1.29 is 8.42 Å². The van der Waals surface area contributed by atoms with E-state index in [0.717, 1.165) is 0 Å². The predicted molar refractivity (Wildman–Crippen MR) is 50.8 cm³/mol. The lowest BCUT2D eigenvalue weighted by Gasteiger charge is -2.02. The van der Waals surface area contributed by atoms with Crippen LogP contribution in [-0.4, -0.2) is 24.0 Å². The van der Waals surface area contributed by atoms with Crippen molar-refractivity contribution in [3.05, 3.63) is 11.9 Å². The molecule has 0 aliphatic carbocycles. The minimum atomic E-state index is -3.03. The summed E-state index contributed by atoms with van der Waals surface area (Å²) >= 11 is 0. The minimum absolute atomic E-state index is 0.0359. The van der Waals surface area contributed by atoms with Crippen molar-refractivity contribution in [3.8, 4) is 0 Å². The van der Waals surface area contributed by atoms with E-state index in [-0.39, 0.29) is 11.5 Å². The molecule has 0 fully saturated rings. The van der Waals surface area contributed by atoms with Crippen LogP contribution in [0.25, 0.3) is 0 Å². The van der Waals surface area contributed by atoms with E-state index < -0.39 is 9.84 Å². The molecule has 0 unspecified atom stereocenters. The molecule has 0 radical (unpaired) electrons. The summed E-state index contributed by atoms with van der Waals surface area (Å²) in [6.07, 6.45) is 1.46. The zero-order valence-corrected chi connectivity index (χ0v) is 8.50. The fourth-order valence-corrected chi connectivity index (χ4v) is 1.94. The third kappa shape index (κ3) is 2.21. The van der Waals surface area contributed by atoms with Crippen LogP contribution < -0.4 is 5.73 Å². The highest BCUT2D eigenvalue weighted by Crippen LogP contribution is 2.13. The van der Waals surface area contributed by atoms with Crippen LogP contribution in [0.4, 0.5) is 5.69 Å². The predicted octanol–water partition coefficient (Wildman–Crippen LogP) is -0.0630. The molecule has 0 amide bonds. The van der Waals surface area contributed by atoms with Crippen molar-refractivity contribution in [3.63, 3.8) is 0 Å². The van der Waals surface area contributed by atoms with Gasteiger partial charge in [0.25, 0.3) is 0 Å². The highest BCUT2D eigenvalue weighted by atomic mass is 32.2. The molecule has 0 aromatic carbocycles. The maximum Gasteiger partial charge on any atom is 0.155 e. The molecule has 0 saturated heterocycles. The Labute approximate surface area is 77.5 Å². The molecule has 1 aromatic rings. The summed E-state index contributed by atoms with van der Waals surface area (Å²) in [6.45, 7) is 1.61. The Kier molecular flexibility index (Phi) is 2.60. The first kappa shape index (κ1) is 10.0. The summed E-state index contributed by atoms with van der Waals surface area (Å²) in [5, 5.41) is 3.86. The lowest BCUT2D eigenvalue weighted by atomic mass is 10.4. The van der Waals surface area contributed by atoms with Gasteiger partial charge in [-0.2, -0.15) is 5.10 Å². The van der Waals surface area contributed by atoms with Gasteiger partial charge in [-0.15, -0.1) is 0 Å². The molecule has 6 heteroatoms. The van der Waals surface area contributed by atoms with Crippen molar-refractivity contribution in [2.45, 2.75) is 12.7 Å². The molecule has 0 spiro atoms. The number of sulfone groups is 1. The number of aromatic nitrogens is 2. The smallest absolute Gasteiger partial charge is 0.155 e. The van der Waals surface area contributed by atoms with Crippen molar-refractivity contribution >= 4 is 15.5 Å². The fraction of sp³-hybridized carbons (Fsp3) is 0.571. The molecule has 0 aliphatic heterocycles. The Bertz CT molecular complexity index is 374. The Balaban J connectivity index is 2.99. The lowest BCUT2D eigenvalue weighted by molar-refractivity contribution is 0.593. The molecule has 74 valence electrons. The Morgan fingerprint density at radius 1 is 1.62 bits per heavy atom. The van der Waals surface area contributed by atoms with E-state index in [1.54, 1.807) is 14.0 Å². The van der Waals surface area contributed by atoms with Crippen LogP contribution in [0.3, 0.4) is 0 Å². The zero-order chi connectivity index (χ0) is 10.1. The average molecular weight is 203 g/mol. The van der Waals surface area contributed by atoms with E-state index in [2.05, 4.69) is 5.10 Å². The maximum atomic E-state index is 11.3. The second-order valence-corrected chi connectivity index (χ2v) is 5.20. The molecular formula is C7H13N3O2S. The lowest BCUT2D eigenvalue weighted by Crippen LogP contribution is -2.11. The number of nitrogens with zero attached hydrogens (tertiary/aromatic N) is 2. The molecule has 1 aromatic heterocycles. The molecule has 5 nitrogen and oxygen atoms in total. The normalized spacial score (nSPS) is 11.8. The Morgan fingerprint density at radius 3 is 2.62 bits per heavy atom. The van der Waals surface area contributed by atoms with Gasteiger partial charge in [-0.3, -0.25) is 4.68 Å². The number of rotatable bonds is 3. The number of anilines is 1. The molecule has 0 aliphatic rings. The highest BCUT2D eigenvalue weighted by molar-refractivity contribution is 7.90. The molecule has 0 saturated carbocycles. The molecule has 0 bridgehead atoms. The molecular weight excluding hydrogens is 190 g/mol. The summed E-state index contributed by atoms with van der Waals surface area (Å²) < 4.78 is 24.0. The van der Waals surface area contributed by atoms with E-state index in [1.165, 1.54) is 10.9 Å². The molecule has 1 heterocycles. The van der Waals surface area contributed by atoms with Gasteiger partial charge in [0.2, 0.25) is 0 Å². The third-order valence-electron chi connectivity index (χ3n) is 1.89. The van der Waals surface area contributed by atoms with E-state index in [1.807, 2.05) is 0 Å². The monoisotopic (exact) mass is 203 g/mol. The summed E-state index contributed by atoms with van der Waals surface area (Å²) in [6, 6.07) is 0. The van der Waals surface area contributed by atoms with Crippen LogP contribution in [0.2, 0.25) is 0 Å².